The third-order valence-electron chi connectivity index (χ3n) is 4.64. The van der Waals surface area contributed by atoms with Crippen LogP contribution in [0.3, 0.4) is 0 Å². The maximum atomic E-state index is 13.1. The molecule has 1 amide bonds. The van der Waals surface area contributed by atoms with Crippen LogP contribution >= 0.6 is 0 Å². The van der Waals surface area contributed by atoms with Gasteiger partial charge in [0.25, 0.3) is 10.0 Å². The number of allylic oxidation sites excluding steroid dienone is 2. The van der Waals surface area contributed by atoms with Gasteiger partial charge in [0.1, 0.15) is 5.82 Å². The van der Waals surface area contributed by atoms with Crippen LogP contribution in [0.15, 0.2) is 65.6 Å². The third-order valence-corrected chi connectivity index (χ3v) is 6.02. The average molecular weight is 418 g/mol. The van der Waals surface area contributed by atoms with E-state index in [0.29, 0.717) is 0 Å². The minimum Gasteiger partial charge on any atom is -0.481 e. The van der Waals surface area contributed by atoms with Crippen LogP contribution in [-0.2, 0) is 19.6 Å². The summed E-state index contributed by atoms with van der Waals surface area (Å²) in [5.41, 5.74) is 0.310. The Labute approximate surface area is 167 Å². The SMILES string of the molecule is O=C(O)[C@H]1CC=CC[C@H]1C(=O)Nc1ccccc1NS(=O)(=O)c1ccc(F)cc1. The predicted octanol–water partition coefficient (Wildman–Crippen LogP) is 3.23. The quantitative estimate of drug-likeness (QED) is 0.624. The Bertz CT molecular complexity index is 1050. The number of carboxylic acids is 1. The Morgan fingerprint density at radius 3 is 2.14 bits per heavy atom. The number of hydrogen-bond donors (Lipinski definition) is 3. The number of nitrogens with one attached hydrogen (secondary N) is 2. The van der Waals surface area contributed by atoms with Crippen molar-refractivity contribution < 1.29 is 27.5 Å². The number of benzene rings is 2. The maximum absolute atomic E-state index is 13.1. The lowest BCUT2D eigenvalue weighted by molar-refractivity contribution is -0.146. The topological polar surface area (TPSA) is 113 Å². The van der Waals surface area contributed by atoms with E-state index >= 15 is 0 Å². The molecule has 29 heavy (non-hydrogen) atoms. The molecule has 0 aliphatic heterocycles. The molecule has 0 aromatic heterocycles. The van der Waals surface area contributed by atoms with Crippen LogP contribution in [-0.4, -0.2) is 25.4 Å². The molecule has 3 rings (SSSR count). The standard InChI is InChI=1S/C20H19FN2O5S/c21-13-9-11-14(12-10-13)29(27,28)23-18-8-4-3-7-17(18)22-19(24)15-5-1-2-6-16(15)20(25)26/h1-4,7-12,15-16,23H,5-6H2,(H,22,24)(H,25,26)/t15-,16+/m1/s1. The molecule has 152 valence electrons. The maximum Gasteiger partial charge on any atom is 0.307 e. The van der Waals surface area contributed by atoms with Crippen LogP contribution < -0.4 is 10.0 Å². The van der Waals surface area contributed by atoms with Crippen molar-refractivity contribution in [1.82, 2.24) is 0 Å². The zero-order chi connectivity index (χ0) is 21.0. The summed E-state index contributed by atoms with van der Waals surface area (Å²) in [4.78, 5) is 24.0. The highest BCUT2D eigenvalue weighted by atomic mass is 32.2. The fraction of sp³-hybridized carbons (Fsp3) is 0.200. The molecular formula is C20H19FN2O5S. The molecule has 0 fully saturated rings. The third kappa shape index (κ3) is 4.80. The molecule has 7 nitrogen and oxygen atoms in total. The summed E-state index contributed by atoms with van der Waals surface area (Å²) < 4.78 is 40.6. The highest BCUT2D eigenvalue weighted by Crippen LogP contribution is 2.30. The van der Waals surface area contributed by atoms with E-state index < -0.39 is 39.6 Å². The van der Waals surface area contributed by atoms with E-state index in [1.807, 2.05) is 0 Å². The summed E-state index contributed by atoms with van der Waals surface area (Å²) in [6.45, 7) is 0. The van der Waals surface area contributed by atoms with Gasteiger partial charge in [0.2, 0.25) is 5.91 Å². The molecule has 2 aromatic carbocycles. The van der Waals surface area contributed by atoms with E-state index in [9.17, 15) is 27.5 Å². The highest BCUT2D eigenvalue weighted by molar-refractivity contribution is 7.92. The number of carbonyl (C=O) groups excluding carboxylic acids is 1. The van der Waals surface area contributed by atoms with Crippen molar-refractivity contribution >= 4 is 33.3 Å². The van der Waals surface area contributed by atoms with Crippen molar-refractivity contribution in [1.29, 1.82) is 0 Å². The van der Waals surface area contributed by atoms with Crippen LogP contribution in [0.1, 0.15) is 12.8 Å². The molecule has 2 aromatic rings. The number of halogens is 1. The lowest BCUT2D eigenvalue weighted by Crippen LogP contribution is -2.35. The number of para-hydroxylation sites is 2. The Morgan fingerprint density at radius 1 is 0.931 bits per heavy atom. The number of anilines is 2. The fourth-order valence-corrected chi connectivity index (χ4v) is 4.18. The van der Waals surface area contributed by atoms with Gasteiger partial charge in [0.15, 0.2) is 0 Å². The Hall–Kier alpha value is -3.20. The van der Waals surface area contributed by atoms with Crippen molar-refractivity contribution in [2.75, 3.05) is 10.0 Å². The average Bonchev–Trinajstić information content (AvgIpc) is 2.69. The largest absolute Gasteiger partial charge is 0.481 e. The molecule has 1 aliphatic rings. The van der Waals surface area contributed by atoms with E-state index in [0.717, 1.165) is 24.3 Å². The van der Waals surface area contributed by atoms with Crippen LogP contribution in [0, 0.1) is 17.7 Å². The molecule has 1 aliphatic carbocycles. The smallest absolute Gasteiger partial charge is 0.307 e. The first-order valence-corrected chi connectivity index (χ1v) is 10.3. The number of amides is 1. The highest BCUT2D eigenvalue weighted by Gasteiger charge is 2.34. The second-order valence-corrected chi connectivity index (χ2v) is 8.27. The van der Waals surface area contributed by atoms with Gasteiger partial charge < -0.3 is 10.4 Å². The Kier molecular flexibility index (Phi) is 5.97. The molecule has 0 radical (unpaired) electrons. The summed E-state index contributed by atoms with van der Waals surface area (Å²) in [5, 5.41) is 12.0. The minimum atomic E-state index is -4.01. The van der Waals surface area contributed by atoms with Gasteiger partial charge in [0.05, 0.1) is 28.1 Å². The zero-order valence-electron chi connectivity index (χ0n) is 15.2. The molecule has 0 saturated heterocycles. The first kappa shape index (κ1) is 20.5. The monoisotopic (exact) mass is 418 g/mol. The number of aliphatic carboxylic acids is 1. The van der Waals surface area contributed by atoms with Crippen molar-refractivity contribution in [2.24, 2.45) is 11.8 Å². The number of sulfonamides is 1. The number of carboxylic acid groups (broad SMARTS) is 1. The Morgan fingerprint density at radius 2 is 1.52 bits per heavy atom. The van der Waals surface area contributed by atoms with Crippen LogP contribution in [0.4, 0.5) is 15.8 Å². The number of hydrogen-bond acceptors (Lipinski definition) is 4. The van der Waals surface area contributed by atoms with Crippen molar-refractivity contribution in [3.63, 3.8) is 0 Å². The van der Waals surface area contributed by atoms with Gasteiger partial charge in [-0.2, -0.15) is 0 Å². The molecule has 0 heterocycles. The molecule has 0 saturated carbocycles. The van der Waals surface area contributed by atoms with Gasteiger partial charge in [0, 0.05) is 0 Å². The summed E-state index contributed by atoms with van der Waals surface area (Å²) in [5.74, 6) is -3.73. The fourth-order valence-electron chi connectivity index (χ4n) is 3.10. The molecular weight excluding hydrogens is 399 g/mol. The van der Waals surface area contributed by atoms with Crippen molar-refractivity contribution in [3.8, 4) is 0 Å². The van der Waals surface area contributed by atoms with Gasteiger partial charge in [-0.15, -0.1) is 0 Å². The molecule has 0 spiro atoms. The second-order valence-electron chi connectivity index (χ2n) is 6.59. The lowest BCUT2D eigenvalue weighted by atomic mass is 9.82. The zero-order valence-corrected chi connectivity index (χ0v) is 16.0. The molecule has 2 atom stereocenters. The van der Waals surface area contributed by atoms with Gasteiger partial charge >= 0.3 is 5.97 Å². The first-order valence-electron chi connectivity index (χ1n) is 8.84. The summed E-state index contributed by atoms with van der Waals surface area (Å²) >= 11 is 0. The normalized spacial score (nSPS) is 18.8. The first-order chi connectivity index (χ1) is 13.8. The van der Waals surface area contributed by atoms with Gasteiger partial charge in [-0.05, 0) is 49.2 Å². The van der Waals surface area contributed by atoms with E-state index in [2.05, 4.69) is 10.0 Å². The number of carbonyl (C=O) groups is 2. The Balaban J connectivity index is 1.82. The molecule has 0 bridgehead atoms. The van der Waals surface area contributed by atoms with E-state index in [1.54, 1.807) is 24.3 Å². The molecule has 9 heteroatoms. The number of rotatable bonds is 6. The second kappa shape index (κ2) is 8.44. The van der Waals surface area contributed by atoms with E-state index in [4.69, 9.17) is 0 Å². The predicted molar refractivity (Wildman–Crippen MR) is 105 cm³/mol. The minimum absolute atomic E-state index is 0.114. The van der Waals surface area contributed by atoms with E-state index in [-0.39, 0.29) is 29.1 Å². The van der Waals surface area contributed by atoms with Gasteiger partial charge in [-0.1, -0.05) is 24.3 Å². The summed E-state index contributed by atoms with van der Waals surface area (Å²) in [6.07, 6.45) is 4.03. The van der Waals surface area contributed by atoms with Crippen LogP contribution in [0.2, 0.25) is 0 Å². The molecule has 0 unspecified atom stereocenters. The lowest BCUT2D eigenvalue weighted by Gasteiger charge is -2.24. The van der Waals surface area contributed by atoms with Crippen molar-refractivity contribution in [3.05, 3.63) is 66.5 Å². The van der Waals surface area contributed by atoms with E-state index in [1.165, 1.54) is 12.1 Å². The molecule has 3 N–H and O–H groups in total. The van der Waals surface area contributed by atoms with Gasteiger partial charge in [-0.3, -0.25) is 14.3 Å². The van der Waals surface area contributed by atoms with Crippen LogP contribution in [0.5, 0.6) is 0 Å². The summed E-state index contributed by atoms with van der Waals surface area (Å²) in [6, 6.07) is 10.5. The van der Waals surface area contributed by atoms with Crippen molar-refractivity contribution in [2.45, 2.75) is 17.7 Å². The van der Waals surface area contributed by atoms with Crippen LogP contribution in [0.25, 0.3) is 0 Å². The van der Waals surface area contributed by atoms with Gasteiger partial charge in [-0.25, -0.2) is 12.8 Å². The summed E-state index contributed by atoms with van der Waals surface area (Å²) in [7, 11) is -4.01.